The van der Waals surface area contributed by atoms with Crippen LogP contribution in [0.2, 0.25) is 0 Å². The van der Waals surface area contributed by atoms with Crippen molar-refractivity contribution >= 4 is 11.9 Å². The van der Waals surface area contributed by atoms with E-state index in [0.717, 1.165) is 18.7 Å². The minimum absolute atomic E-state index is 0.0866. The van der Waals surface area contributed by atoms with Crippen molar-refractivity contribution in [3.63, 3.8) is 0 Å². The quantitative estimate of drug-likeness (QED) is 0.904. The SMILES string of the molecule is CN1CCC2(CC1)C(C(=O)O)c1ccccc1C(=O)N2Cc1cccnc1. The van der Waals surface area contributed by atoms with Gasteiger partial charge in [-0.15, -0.1) is 0 Å². The fourth-order valence-corrected chi connectivity index (χ4v) is 4.57. The third-order valence-corrected chi connectivity index (χ3v) is 5.99. The summed E-state index contributed by atoms with van der Waals surface area (Å²) < 4.78 is 0. The van der Waals surface area contributed by atoms with Crippen LogP contribution in [0.5, 0.6) is 0 Å². The lowest BCUT2D eigenvalue weighted by molar-refractivity contribution is -0.144. The number of aromatic nitrogens is 1. The molecule has 2 aliphatic heterocycles. The number of fused-ring (bicyclic) bond motifs is 1. The molecule has 1 aromatic heterocycles. The molecule has 4 rings (SSSR count). The predicted octanol–water partition coefficient (Wildman–Crippen LogP) is 2.37. The van der Waals surface area contributed by atoms with E-state index in [0.29, 0.717) is 30.5 Å². The van der Waals surface area contributed by atoms with Gasteiger partial charge in [0.2, 0.25) is 0 Å². The maximum Gasteiger partial charge on any atom is 0.313 e. The number of hydrogen-bond donors (Lipinski definition) is 1. The maximum absolute atomic E-state index is 13.4. The Morgan fingerprint density at radius 3 is 2.63 bits per heavy atom. The Kier molecular flexibility index (Phi) is 4.44. The topological polar surface area (TPSA) is 73.7 Å². The lowest BCUT2D eigenvalue weighted by atomic mass is 9.67. The first-order valence-corrected chi connectivity index (χ1v) is 9.24. The van der Waals surface area contributed by atoms with Crippen molar-refractivity contribution in [2.75, 3.05) is 20.1 Å². The molecule has 2 aliphatic rings. The second-order valence-electron chi connectivity index (χ2n) is 7.52. The van der Waals surface area contributed by atoms with Crippen molar-refractivity contribution in [2.45, 2.75) is 30.8 Å². The summed E-state index contributed by atoms with van der Waals surface area (Å²) in [6, 6.07) is 10.9. The van der Waals surface area contributed by atoms with Crippen LogP contribution in [0.1, 0.15) is 40.2 Å². The summed E-state index contributed by atoms with van der Waals surface area (Å²) in [5, 5.41) is 10.2. The fourth-order valence-electron chi connectivity index (χ4n) is 4.57. The van der Waals surface area contributed by atoms with Crippen LogP contribution < -0.4 is 0 Å². The van der Waals surface area contributed by atoms with Crippen LogP contribution in [0.25, 0.3) is 0 Å². The van der Waals surface area contributed by atoms with Crippen LogP contribution in [0.4, 0.5) is 0 Å². The molecule has 140 valence electrons. The first-order valence-electron chi connectivity index (χ1n) is 9.24. The van der Waals surface area contributed by atoms with E-state index < -0.39 is 17.4 Å². The fraction of sp³-hybridized carbons (Fsp3) is 0.381. The third kappa shape index (κ3) is 2.90. The molecule has 27 heavy (non-hydrogen) atoms. The van der Waals surface area contributed by atoms with E-state index in [1.807, 2.05) is 25.2 Å². The van der Waals surface area contributed by atoms with E-state index in [9.17, 15) is 14.7 Å². The summed E-state index contributed by atoms with van der Waals surface area (Å²) in [6.45, 7) is 1.90. The molecule has 1 saturated heterocycles. The number of carboxylic acid groups (broad SMARTS) is 1. The number of piperidine rings is 1. The number of hydrogen-bond acceptors (Lipinski definition) is 4. The molecule has 1 aromatic carbocycles. The average molecular weight is 365 g/mol. The third-order valence-electron chi connectivity index (χ3n) is 5.99. The lowest BCUT2D eigenvalue weighted by Crippen LogP contribution is -2.63. The highest BCUT2D eigenvalue weighted by molar-refractivity contribution is 6.01. The van der Waals surface area contributed by atoms with E-state index in [2.05, 4.69) is 9.88 Å². The van der Waals surface area contributed by atoms with Gasteiger partial charge in [-0.1, -0.05) is 24.3 Å². The van der Waals surface area contributed by atoms with E-state index in [1.165, 1.54) is 0 Å². The summed E-state index contributed by atoms with van der Waals surface area (Å²) in [7, 11) is 2.03. The normalized spacial score (nSPS) is 21.9. The van der Waals surface area contributed by atoms with Gasteiger partial charge in [0.25, 0.3) is 5.91 Å². The van der Waals surface area contributed by atoms with Gasteiger partial charge < -0.3 is 14.9 Å². The smallest absolute Gasteiger partial charge is 0.313 e. The number of amides is 1. The second kappa shape index (κ2) is 6.78. The van der Waals surface area contributed by atoms with Gasteiger partial charge >= 0.3 is 5.97 Å². The zero-order valence-electron chi connectivity index (χ0n) is 15.3. The van der Waals surface area contributed by atoms with Gasteiger partial charge in [-0.2, -0.15) is 0 Å². The monoisotopic (exact) mass is 365 g/mol. The van der Waals surface area contributed by atoms with Crippen molar-refractivity contribution in [1.29, 1.82) is 0 Å². The number of rotatable bonds is 3. The Morgan fingerprint density at radius 1 is 1.22 bits per heavy atom. The zero-order chi connectivity index (χ0) is 19.0. The molecule has 6 heteroatoms. The van der Waals surface area contributed by atoms with Gasteiger partial charge in [-0.05, 0) is 43.1 Å². The molecule has 0 radical (unpaired) electrons. The number of aliphatic carboxylic acids is 1. The molecule has 2 aromatic rings. The molecule has 0 bridgehead atoms. The molecule has 0 aliphatic carbocycles. The van der Waals surface area contributed by atoms with Crippen molar-refractivity contribution in [2.24, 2.45) is 0 Å². The minimum Gasteiger partial charge on any atom is -0.481 e. The molecule has 1 spiro atoms. The van der Waals surface area contributed by atoms with Crippen molar-refractivity contribution < 1.29 is 14.7 Å². The molecular weight excluding hydrogens is 342 g/mol. The van der Waals surface area contributed by atoms with E-state index in [-0.39, 0.29) is 5.91 Å². The van der Waals surface area contributed by atoms with Gasteiger partial charge in [0.15, 0.2) is 0 Å². The van der Waals surface area contributed by atoms with Crippen molar-refractivity contribution in [1.82, 2.24) is 14.8 Å². The molecule has 3 heterocycles. The van der Waals surface area contributed by atoms with Crippen LogP contribution in [-0.2, 0) is 11.3 Å². The van der Waals surface area contributed by atoms with Gasteiger partial charge in [-0.25, -0.2) is 0 Å². The van der Waals surface area contributed by atoms with Gasteiger partial charge in [-0.3, -0.25) is 14.6 Å². The highest BCUT2D eigenvalue weighted by atomic mass is 16.4. The number of carbonyl (C=O) groups is 2. The van der Waals surface area contributed by atoms with Crippen LogP contribution in [0.3, 0.4) is 0 Å². The van der Waals surface area contributed by atoms with Gasteiger partial charge in [0.1, 0.15) is 5.92 Å². The molecule has 0 saturated carbocycles. The highest BCUT2D eigenvalue weighted by Crippen LogP contribution is 2.47. The number of pyridine rings is 1. The Balaban J connectivity index is 1.86. The molecule has 1 N–H and O–H groups in total. The van der Waals surface area contributed by atoms with Crippen LogP contribution >= 0.6 is 0 Å². The van der Waals surface area contributed by atoms with E-state index in [1.54, 1.807) is 35.5 Å². The zero-order valence-corrected chi connectivity index (χ0v) is 15.3. The first-order chi connectivity index (χ1) is 13.0. The standard InChI is InChI=1S/C21H23N3O3/c1-23-11-8-21(9-12-23)18(20(26)27)16-6-2-3-7-17(16)19(25)24(21)14-15-5-4-10-22-13-15/h2-7,10,13,18H,8-9,11-12,14H2,1H3,(H,26,27). The highest BCUT2D eigenvalue weighted by Gasteiger charge is 2.55. The molecule has 1 amide bonds. The Hall–Kier alpha value is -2.73. The number of nitrogens with zero attached hydrogens (tertiary/aromatic N) is 3. The van der Waals surface area contributed by atoms with Crippen molar-refractivity contribution in [3.8, 4) is 0 Å². The van der Waals surface area contributed by atoms with E-state index >= 15 is 0 Å². The summed E-state index contributed by atoms with van der Waals surface area (Å²) in [4.78, 5) is 34.0. The number of benzene rings is 1. The van der Waals surface area contributed by atoms with Gasteiger partial charge in [0, 0.05) is 37.6 Å². The Morgan fingerprint density at radius 2 is 1.96 bits per heavy atom. The summed E-state index contributed by atoms with van der Waals surface area (Å²) in [5.41, 5.74) is 1.33. The second-order valence-corrected chi connectivity index (χ2v) is 7.52. The molecule has 6 nitrogen and oxygen atoms in total. The van der Waals surface area contributed by atoms with Crippen LogP contribution in [-0.4, -0.2) is 57.4 Å². The summed E-state index contributed by atoms with van der Waals surface area (Å²) >= 11 is 0. The largest absolute Gasteiger partial charge is 0.481 e. The minimum atomic E-state index is -0.865. The predicted molar refractivity (Wildman–Crippen MR) is 100 cm³/mol. The molecule has 1 fully saturated rings. The maximum atomic E-state index is 13.4. The molecular formula is C21H23N3O3. The Bertz CT molecular complexity index is 860. The van der Waals surface area contributed by atoms with E-state index in [4.69, 9.17) is 0 Å². The van der Waals surface area contributed by atoms with Crippen LogP contribution in [0.15, 0.2) is 48.8 Å². The number of carbonyl (C=O) groups excluding carboxylic acids is 1. The van der Waals surface area contributed by atoms with Crippen molar-refractivity contribution in [3.05, 3.63) is 65.5 Å². The molecule has 1 atom stereocenters. The summed E-state index contributed by atoms with van der Waals surface area (Å²) in [6.07, 6.45) is 4.72. The van der Waals surface area contributed by atoms with Gasteiger partial charge in [0.05, 0.1) is 5.54 Å². The average Bonchev–Trinajstić information content (AvgIpc) is 2.68. The first kappa shape index (κ1) is 17.7. The Labute approximate surface area is 158 Å². The summed E-state index contributed by atoms with van der Waals surface area (Å²) in [5.74, 6) is -1.68. The lowest BCUT2D eigenvalue weighted by Gasteiger charge is -2.54. The number of likely N-dealkylation sites (tertiary alicyclic amines) is 1. The molecule has 1 unspecified atom stereocenters. The van der Waals surface area contributed by atoms with Crippen LogP contribution in [0, 0.1) is 0 Å². The number of carboxylic acids is 1.